The van der Waals surface area contributed by atoms with Crippen LogP contribution in [0.25, 0.3) is 34.0 Å². The molecular formula is C53H57N7O8. The zero-order valence-corrected chi connectivity index (χ0v) is 39.2. The number of aromatic nitrogens is 5. The maximum absolute atomic E-state index is 6.22. The van der Waals surface area contributed by atoms with E-state index >= 15 is 0 Å². The zero-order chi connectivity index (χ0) is 46.2. The predicted octanol–water partition coefficient (Wildman–Crippen LogP) is 8.38. The minimum atomic E-state index is 0.452. The molecule has 4 fully saturated rings. The molecule has 15 nitrogen and oxygen atoms in total. The molecule has 4 saturated heterocycles. The van der Waals surface area contributed by atoms with Crippen LogP contribution < -0.4 is 28.4 Å². The molecule has 68 heavy (non-hydrogen) atoms. The van der Waals surface area contributed by atoms with Crippen molar-refractivity contribution >= 4 is 34.0 Å². The van der Waals surface area contributed by atoms with E-state index in [0.717, 1.165) is 136 Å². The van der Waals surface area contributed by atoms with Crippen LogP contribution in [0.4, 0.5) is 0 Å². The third kappa shape index (κ3) is 9.15. The van der Waals surface area contributed by atoms with Gasteiger partial charge in [-0.1, -0.05) is 23.3 Å². The summed E-state index contributed by atoms with van der Waals surface area (Å²) >= 11 is 0. The summed E-state index contributed by atoms with van der Waals surface area (Å²) in [5.41, 5.74) is 9.44. The number of allylic oxidation sites excluding steroid dienone is 2. The lowest BCUT2D eigenvalue weighted by molar-refractivity contribution is -0.189. The standard InChI is InChI=1S/C27H29N3O4.C26H28N4O4/c1-18-8-19-10-20(13-29-22(19)9-18)34-24-4-5-28-23-12-26(25(31-2)11-21(23)24)33-7-3-6-30-14-27(15-30)16-32-17-27;1-17-6-18-8-19(11-27-21(18)7-17)34-25-20-9-23(31-2)24(10-22(20)28-16-29-25)33-5-3-4-30-12-26(13-30)14-32-15-26/h4-5,8,10-13H,3,6-7,9,14-17H2,1-2H3;6,8-11,16H,3-5,7,12-15H2,1-2H3. The number of hydrogen-bond acceptors (Lipinski definition) is 15. The van der Waals surface area contributed by atoms with Gasteiger partial charge in [-0.25, -0.2) is 9.97 Å². The molecule has 0 N–H and O–H groups in total. The van der Waals surface area contributed by atoms with Crippen LogP contribution in [0.15, 0.2) is 78.5 Å². The second kappa shape index (κ2) is 18.6. The Morgan fingerprint density at radius 3 is 1.63 bits per heavy atom. The SMILES string of the molecule is COc1cc2c(Oc3cnc4c(c3)C=C(C)C4)ccnc2cc1OCCCN1CC2(COC2)C1.COc1cc2c(Oc3cnc4c(c3)C=C(C)C4)ncnc2cc1OCCCN1CC2(COC2)C1. The van der Waals surface area contributed by atoms with Gasteiger partial charge in [-0.15, -0.1) is 0 Å². The Balaban J connectivity index is 0.000000149. The molecule has 0 bridgehead atoms. The van der Waals surface area contributed by atoms with Gasteiger partial charge in [0.25, 0.3) is 0 Å². The van der Waals surface area contributed by atoms with Crippen molar-refractivity contribution in [1.29, 1.82) is 0 Å². The molecule has 2 spiro atoms. The highest BCUT2D eigenvalue weighted by atomic mass is 16.5. The molecule has 12 rings (SSSR count). The normalized spacial score (nSPS) is 18.2. The molecule has 0 saturated carbocycles. The quantitative estimate of drug-likeness (QED) is 0.0857. The maximum atomic E-state index is 6.22. The lowest BCUT2D eigenvalue weighted by Crippen LogP contribution is -2.65. The van der Waals surface area contributed by atoms with Gasteiger partial charge < -0.3 is 47.7 Å². The average molecular weight is 920 g/mol. The van der Waals surface area contributed by atoms with E-state index in [4.69, 9.17) is 37.9 Å². The van der Waals surface area contributed by atoms with Crippen molar-refractivity contribution in [2.24, 2.45) is 10.8 Å². The topological polar surface area (TPSA) is 145 Å². The van der Waals surface area contributed by atoms with Crippen molar-refractivity contribution < 1.29 is 37.9 Å². The number of rotatable bonds is 16. The number of pyridine rings is 3. The van der Waals surface area contributed by atoms with Gasteiger partial charge in [0.2, 0.25) is 5.88 Å². The van der Waals surface area contributed by atoms with Gasteiger partial charge in [0.15, 0.2) is 23.0 Å². The van der Waals surface area contributed by atoms with Gasteiger partial charge in [0.1, 0.15) is 23.6 Å². The van der Waals surface area contributed by atoms with Crippen molar-refractivity contribution in [2.75, 3.05) is 93.1 Å². The summed E-state index contributed by atoms with van der Waals surface area (Å²) < 4.78 is 46.4. The Bertz CT molecular complexity index is 2720. The molecular weight excluding hydrogens is 863 g/mol. The molecule has 4 aliphatic heterocycles. The van der Waals surface area contributed by atoms with E-state index in [0.29, 0.717) is 70.2 Å². The fourth-order valence-corrected chi connectivity index (χ4v) is 10.1. The number of benzene rings is 2. The van der Waals surface area contributed by atoms with Gasteiger partial charge >= 0.3 is 0 Å². The minimum Gasteiger partial charge on any atom is -0.493 e. The lowest BCUT2D eigenvalue weighted by atomic mass is 9.78. The molecule has 0 unspecified atom stereocenters. The highest BCUT2D eigenvalue weighted by Gasteiger charge is 2.49. The summed E-state index contributed by atoms with van der Waals surface area (Å²) in [6.45, 7) is 15.8. The second-order valence-corrected chi connectivity index (χ2v) is 19.3. The Morgan fingerprint density at radius 1 is 0.574 bits per heavy atom. The van der Waals surface area contributed by atoms with Crippen LogP contribution in [0.3, 0.4) is 0 Å². The number of fused-ring (bicyclic) bond motifs is 4. The Hall–Kier alpha value is -6.39. The van der Waals surface area contributed by atoms with Gasteiger partial charge in [0.05, 0.1) is 94.1 Å². The van der Waals surface area contributed by atoms with Gasteiger partial charge in [-0.3, -0.25) is 15.0 Å². The van der Waals surface area contributed by atoms with Crippen LogP contribution >= 0.6 is 0 Å². The summed E-state index contributed by atoms with van der Waals surface area (Å²) in [6.07, 6.45) is 14.8. The van der Waals surface area contributed by atoms with Crippen molar-refractivity contribution in [3.63, 3.8) is 0 Å². The Kier molecular flexibility index (Phi) is 12.1. The fraction of sp³-hybridized carbons (Fsp3) is 0.415. The first-order valence-electron chi connectivity index (χ1n) is 23.5. The number of methoxy groups -OCH3 is 2. The van der Waals surface area contributed by atoms with Crippen LogP contribution in [0.5, 0.6) is 46.1 Å². The number of likely N-dealkylation sites (tertiary alicyclic amines) is 2. The molecule has 6 aromatic rings. The van der Waals surface area contributed by atoms with Crippen molar-refractivity contribution in [1.82, 2.24) is 34.7 Å². The van der Waals surface area contributed by atoms with Crippen LogP contribution in [-0.4, -0.2) is 128 Å². The van der Waals surface area contributed by atoms with E-state index < -0.39 is 0 Å². The fourth-order valence-electron chi connectivity index (χ4n) is 10.1. The minimum absolute atomic E-state index is 0.452. The molecule has 0 atom stereocenters. The van der Waals surface area contributed by atoms with E-state index in [1.165, 1.54) is 17.5 Å². The van der Waals surface area contributed by atoms with Gasteiger partial charge in [-0.05, 0) is 68.1 Å². The lowest BCUT2D eigenvalue weighted by Gasteiger charge is -2.55. The molecule has 2 aliphatic carbocycles. The summed E-state index contributed by atoms with van der Waals surface area (Å²) in [7, 11) is 3.29. The third-order valence-electron chi connectivity index (χ3n) is 13.6. The van der Waals surface area contributed by atoms with E-state index in [1.54, 1.807) is 32.8 Å². The van der Waals surface area contributed by atoms with Gasteiger partial charge in [0, 0.05) is 86.7 Å². The summed E-state index contributed by atoms with van der Waals surface area (Å²) in [5, 5.41) is 1.63. The zero-order valence-electron chi connectivity index (χ0n) is 39.2. The van der Waals surface area contributed by atoms with Crippen LogP contribution in [0, 0.1) is 10.8 Å². The number of ether oxygens (including phenoxy) is 8. The number of nitrogens with zero attached hydrogens (tertiary/aromatic N) is 7. The highest BCUT2D eigenvalue weighted by Crippen LogP contribution is 2.41. The van der Waals surface area contributed by atoms with Crippen LogP contribution in [-0.2, 0) is 22.3 Å². The van der Waals surface area contributed by atoms with Crippen molar-refractivity contribution in [3.8, 4) is 46.1 Å². The maximum Gasteiger partial charge on any atom is 0.230 e. The first-order valence-corrected chi connectivity index (χ1v) is 23.5. The monoisotopic (exact) mass is 919 g/mol. The van der Waals surface area contributed by atoms with E-state index in [1.807, 2.05) is 42.5 Å². The summed E-state index contributed by atoms with van der Waals surface area (Å²) in [5.74, 6) is 5.20. The largest absolute Gasteiger partial charge is 0.493 e. The first kappa shape index (κ1) is 44.1. The molecule has 4 aromatic heterocycles. The van der Waals surface area contributed by atoms with E-state index in [-0.39, 0.29) is 0 Å². The number of hydrogen-bond donors (Lipinski definition) is 0. The smallest absolute Gasteiger partial charge is 0.230 e. The predicted molar refractivity (Wildman–Crippen MR) is 257 cm³/mol. The van der Waals surface area contributed by atoms with Crippen LogP contribution in [0.1, 0.15) is 49.2 Å². The molecule has 6 aliphatic rings. The first-order chi connectivity index (χ1) is 33.2. The molecule has 352 valence electrons. The van der Waals surface area contributed by atoms with Crippen molar-refractivity contribution in [3.05, 3.63) is 101 Å². The molecule has 15 heteroatoms. The second-order valence-electron chi connectivity index (χ2n) is 19.3. The third-order valence-corrected chi connectivity index (χ3v) is 13.6. The Morgan fingerprint density at radius 2 is 1.10 bits per heavy atom. The molecule has 2 aromatic carbocycles. The van der Waals surface area contributed by atoms with E-state index in [9.17, 15) is 0 Å². The van der Waals surface area contributed by atoms with E-state index in [2.05, 4.69) is 60.7 Å². The molecule has 0 amide bonds. The van der Waals surface area contributed by atoms with Gasteiger partial charge in [-0.2, -0.15) is 0 Å². The van der Waals surface area contributed by atoms with Crippen LogP contribution in [0.2, 0.25) is 0 Å². The molecule has 8 heterocycles. The highest BCUT2D eigenvalue weighted by molar-refractivity contribution is 5.89. The van der Waals surface area contributed by atoms with Crippen molar-refractivity contribution in [2.45, 2.75) is 39.5 Å². The average Bonchev–Trinajstić information content (AvgIpc) is 3.85. The Labute approximate surface area is 396 Å². The summed E-state index contributed by atoms with van der Waals surface area (Å²) in [4.78, 5) is 27.4. The molecule has 0 radical (unpaired) electrons. The summed E-state index contributed by atoms with van der Waals surface area (Å²) in [6, 6.07) is 13.5.